The first-order valence-electron chi connectivity index (χ1n) is 11.0. The molecule has 1 saturated heterocycles. The van der Waals surface area contributed by atoms with Crippen molar-refractivity contribution in [3.05, 3.63) is 64.7 Å². The summed E-state index contributed by atoms with van der Waals surface area (Å²) in [5.74, 6) is -2.36. The van der Waals surface area contributed by atoms with Crippen molar-refractivity contribution in [2.24, 2.45) is 5.73 Å². The smallest absolute Gasteiger partial charge is 0.366 e. The van der Waals surface area contributed by atoms with Crippen LogP contribution in [0.25, 0.3) is 21.6 Å². The van der Waals surface area contributed by atoms with Crippen molar-refractivity contribution in [2.45, 2.75) is 25.6 Å². The van der Waals surface area contributed by atoms with E-state index < -0.39 is 34.9 Å². The lowest BCUT2D eigenvalue weighted by atomic mass is 10.1. The van der Waals surface area contributed by atoms with Crippen molar-refractivity contribution in [3.8, 4) is 11.4 Å². The first kappa shape index (κ1) is 24.1. The molecule has 7 nitrogen and oxygen atoms in total. The molecule has 186 valence electrons. The summed E-state index contributed by atoms with van der Waals surface area (Å²) in [6.07, 6.45) is -2.92. The molecule has 0 bridgehead atoms. The number of carbonyl (C=O) groups excluding carboxylic acids is 1. The second-order valence-electron chi connectivity index (χ2n) is 8.42. The molecule has 1 aliphatic heterocycles. The van der Waals surface area contributed by atoms with Crippen molar-refractivity contribution in [3.63, 3.8) is 0 Å². The Balaban J connectivity index is 1.52. The summed E-state index contributed by atoms with van der Waals surface area (Å²) in [6.45, 7) is 3.16. The molecule has 1 amide bonds. The minimum atomic E-state index is -4.83. The standard InChI is InChI=1S/C24H20F4N6OS/c1-12-31-20-18(36-12)6-5-16(21(20)34-10-8-13(29)11-34)33-23(35)17-7-9-30-22(32-17)19-14(24(26,27)28)3-2-4-15(19)25/h2-7,9,13H,8,10-11,29H2,1H3,(H,33,35)/t13-/m1/s1. The molecule has 36 heavy (non-hydrogen) atoms. The molecule has 4 aromatic rings. The number of rotatable bonds is 4. The highest BCUT2D eigenvalue weighted by Gasteiger charge is 2.36. The van der Waals surface area contributed by atoms with Crippen molar-refractivity contribution < 1.29 is 22.4 Å². The van der Waals surface area contributed by atoms with Gasteiger partial charge in [-0.15, -0.1) is 11.3 Å². The van der Waals surface area contributed by atoms with E-state index in [9.17, 15) is 22.4 Å². The Morgan fingerprint density at radius 3 is 2.72 bits per heavy atom. The predicted octanol–water partition coefficient (Wildman–Crippen LogP) is 5.01. The van der Waals surface area contributed by atoms with Gasteiger partial charge in [0, 0.05) is 25.3 Å². The maximum atomic E-state index is 14.5. The SMILES string of the molecule is Cc1nc2c(N3CC[C@@H](N)C3)c(NC(=O)c3ccnc(-c4c(F)cccc4C(F)(F)F)n3)ccc2s1. The van der Waals surface area contributed by atoms with E-state index >= 15 is 0 Å². The Hall–Kier alpha value is -3.64. The van der Waals surface area contributed by atoms with E-state index in [1.807, 2.05) is 13.0 Å². The first-order valence-corrected chi connectivity index (χ1v) is 11.8. The minimum Gasteiger partial charge on any atom is -0.366 e. The van der Waals surface area contributed by atoms with Gasteiger partial charge in [0.1, 0.15) is 17.0 Å². The lowest BCUT2D eigenvalue weighted by Crippen LogP contribution is -2.27. The fourth-order valence-corrected chi connectivity index (χ4v) is 5.11. The normalized spacial score (nSPS) is 16.1. The number of hydrogen-bond acceptors (Lipinski definition) is 7. The summed E-state index contributed by atoms with van der Waals surface area (Å²) >= 11 is 1.52. The Labute approximate surface area is 207 Å². The van der Waals surface area contributed by atoms with E-state index in [1.54, 1.807) is 6.07 Å². The number of aromatic nitrogens is 3. The van der Waals surface area contributed by atoms with Gasteiger partial charge in [-0.3, -0.25) is 4.79 Å². The number of alkyl halides is 3. The Morgan fingerprint density at radius 2 is 2.00 bits per heavy atom. The Morgan fingerprint density at radius 1 is 1.19 bits per heavy atom. The van der Waals surface area contributed by atoms with Crippen LogP contribution in [0.5, 0.6) is 0 Å². The van der Waals surface area contributed by atoms with Crippen LogP contribution in [-0.4, -0.2) is 40.0 Å². The number of nitrogens with two attached hydrogens (primary N) is 1. The number of benzene rings is 2. The number of hydrogen-bond donors (Lipinski definition) is 2. The number of aryl methyl sites for hydroxylation is 1. The van der Waals surface area contributed by atoms with Gasteiger partial charge in [-0.25, -0.2) is 19.3 Å². The molecule has 0 radical (unpaired) electrons. The summed E-state index contributed by atoms with van der Waals surface area (Å²) in [7, 11) is 0. The molecule has 0 unspecified atom stereocenters. The van der Waals surface area contributed by atoms with Gasteiger partial charge in [0.05, 0.1) is 32.2 Å². The van der Waals surface area contributed by atoms with E-state index in [0.29, 0.717) is 18.8 Å². The largest absolute Gasteiger partial charge is 0.417 e. The molecule has 3 heterocycles. The van der Waals surface area contributed by atoms with Crippen LogP contribution in [0.3, 0.4) is 0 Å². The number of amides is 1. The van der Waals surface area contributed by atoms with E-state index in [-0.39, 0.29) is 11.7 Å². The number of anilines is 2. The zero-order chi connectivity index (χ0) is 25.6. The van der Waals surface area contributed by atoms with Crippen LogP contribution in [0.1, 0.15) is 27.5 Å². The van der Waals surface area contributed by atoms with E-state index in [0.717, 1.165) is 51.7 Å². The van der Waals surface area contributed by atoms with Crippen molar-refractivity contribution in [1.29, 1.82) is 0 Å². The molecule has 0 spiro atoms. The predicted molar refractivity (Wildman–Crippen MR) is 130 cm³/mol. The highest BCUT2D eigenvalue weighted by atomic mass is 32.1. The van der Waals surface area contributed by atoms with Crippen molar-refractivity contribution >= 4 is 38.8 Å². The van der Waals surface area contributed by atoms with E-state index in [4.69, 9.17) is 5.73 Å². The summed E-state index contributed by atoms with van der Waals surface area (Å²) in [5.41, 5.74) is 5.77. The molecule has 1 aliphatic rings. The maximum absolute atomic E-state index is 14.5. The third kappa shape index (κ3) is 4.49. The first-order chi connectivity index (χ1) is 17.1. The van der Waals surface area contributed by atoms with Crippen molar-refractivity contribution in [2.75, 3.05) is 23.3 Å². The van der Waals surface area contributed by atoms with Crippen LogP contribution in [-0.2, 0) is 6.18 Å². The van der Waals surface area contributed by atoms with Crippen LogP contribution in [0, 0.1) is 12.7 Å². The van der Waals surface area contributed by atoms with Gasteiger partial charge in [-0.05, 0) is 43.7 Å². The third-order valence-electron chi connectivity index (χ3n) is 5.86. The molecule has 5 rings (SSSR count). The summed E-state index contributed by atoms with van der Waals surface area (Å²) in [5, 5.41) is 3.66. The summed E-state index contributed by atoms with van der Waals surface area (Å²) < 4.78 is 55.9. The molecular weight excluding hydrogens is 496 g/mol. The second-order valence-corrected chi connectivity index (χ2v) is 9.65. The quantitative estimate of drug-likeness (QED) is 0.370. The summed E-state index contributed by atoms with van der Waals surface area (Å²) in [4.78, 5) is 27.6. The molecule has 0 aliphatic carbocycles. The highest BCUT2D eigenvalue weighted by Crippen LogP contribution is 2.39. The molecular formula is C24H20F4N6OS. The van der Waals surface area contributed by atoms with Crippen LogP contribution in [0.4, 0.5) is 28.9 Å². The average Bonchev–Trinajstić information content (AvgIpc) is 3.42. The minimum absolute atomic E-state index is 0.0171. The number of nitrogens with zero attached hydrogens (tertiary/aromatic N) is 4. The zero-order valence-corrected chi connectivity index (χ0v) is 19.8. The van der Waals surface area contributed by atoms with E-state index in [1.165, 1.54) is 17.4 Å². The van der Waals surface area contributed by atoms with Crippen LogP contribution < -0.4 is 16.0 Å². The van der Waals surface area contributed by atoms with Gasteiger partial charge in [-0.2, -0.15) is 13.2 Å². The number of halogens is 4. The second kappa shape index (κ2) is 9.10. The summed E-state index contributed by atoms with van der Waals surface area (Å²) in [6, 6.07) is 7.42. The molecule has 0 saturated carbocycles. The number of fused-ring (bicyclic) bond motifs is 1. The molecule has 1 fully saturated rings. The molecule has 2 aromatic carbocycles. The maximum Gasteiger partial charge on any atom is 0.417 e. The molecule has 3 N–H and O–H groups in total. The van der Waals surface area contributed by atoms with Gasteiger partial charge < -0.3 is 16.0 Å². The lowest BCUT2D eigenvalue weighted by Gasteiger charge is -2.22. The van der Waals surface area contributed by atoms with Crippen molar-refractivity contribution in [1.82, 2.24) is 15.0 Å². The van der Waals surface area contributed by atoms with Gasteiger partial charge in [-0.1, -0.05) is 6.07 Å². The monoisotopic (exact) mass is 516 g/mol. The molecule has 2 aromatic heterocycles. The highest BCUT2D eigenvalue weighted by molar-refractivity contribution is 7.18. The molecule has 12 heteroatoms. The van der Waals surface area contributed by atoms with Crippen LogP contribution >= 0.6 is 11.3 Å². The van der Waals surface area contributed by atoms with Crippen LogP contribution in [0.15, 0.2) is 42.6 Å². The average molecular weight is 517 g/mol. The zero-order valence-electron chi connectivity index (χ0n) is 18.9. The molecule has 1 atom stereocenters. The number of carbonyl (C=O) groups is 1. The lowest BCUT2D eigenvalue weighted by molar-refractivity contribution is -0.137. The van der Waals surface area contributed by atoms with Crippen LogP contribution in [0.2, 0.25) is 0 Å². The fraction of sp³-hybridized carbons (Fsp3) is 0.250. The topological polar surface area (TPSA) is 97.0 Å². The van der Waals surface area contributed by atoms with Gasteiger partial charge in [0.2, 0.25) is 0 Å². The fourth-order valence-electron chi connectivity index (χ4n) is 4.28. The van der Waals surface area contributed by atoms with Gasteiger partial charge in [0.15, 0.2) is 5.82 Å². The number of thiazole rings is 1. The Kier molecular flexibility index (Phi) is 6.08. The van der Waals surface area contributed by atoms with Gasteiger partial charge >= 0.3 is 6.18 Å². The number of nitrogens with one attached hydrogen (secondary N) is 1. The third-order valence-corrected chi connectivity index (χ3v) is 6.80. The Bertz CT molecular complexity index is 1470. The van der Waals surface area contributed by atoms with Gasteiger partial charge in [0.25, 0.3) is 5.91 Å². The van der Waals surface area contributed by atoms with E-state index in [2.05, 4.69) is 25.2 Å².